The van der Waals surface area contributed by atoms with Gasteiger partial charge in [-0.15, -0.1) is 0 Å². The van der Waals surface area contributed by atoms with Gasteiger partial charge in [0.25, 0.3) is 0 Å². The summed E-state index contributed by atoms with van der Waals surface area (Å²) in [4.78, 5) is 28.0. The second-order valence-electron chi connectivity index (χ2n) is 4.73. The number of ether oxygens (including phenoxy) is 1. The SMILES string of the molecule is CC=CCON=C(C)c1ccc(NC(=O)NCC(=O)OCC)cc1. The lowest BCUT2D eigenvalue weighted by Gasteiger charge is -2.08. The Labute approximate surface area is 141 Å². The maximum absolute atomic E-state index is 11.7. The zero-order valence-electron chi connectivity index (χ0n) is 14.2. The number of nitrogens with zero attached hydrogens (tertiary/aromatic N) is 1. The van der Waals surface area contributed by atoms with Crippen LogP contribution in [-0.4, -0.2) is 37.5 Å². The molecule has 1 rings (SSSR count). The molecular formula is C17H23N3O4. The van der Waals surface area contributed by atoms with Crippen LogP contribution in [0, 0.1) is 0 Å². The van der Waals surface area contributed by atoms with Crippen LogP contribution < -0.4 is 10.6 Å². The fourth-order valence-corrected chi connectivity index (χ4v) is 1.66. The van der Waals surface area contributed by atoms with Crippen molar-refractivity contribution >= 4 is 23.4 Å². The van der Waals surface area contributed by atoms with Crippen LogP contribution in [0.3, 0.4) is 0 Å². The van der Waals surface area contributed by atoms with E-state index in [9.17, 15) is 9.59 Å². The van der Waals surface area contributed by atoms with Crippen molar-refractivity contribution in [2.45, 2.75) is 20.8 Å². The Bertz CT molecular complexity index is 594. The Morgan fingerprint density at radius 3 is 2.58 bits per heavy atom. The number of benzene rings is 1. The molecule has 0 spiro atoms. The molecule has 0 aromatic heterocycles. The standard InChI is InChI=1S/C17H23N3O4/c1-4-6-11-24-20-13(3)14-7-9-15(10-8-14)19-17(22)18-12-16(21)23-5-2/h4,6-10H,5,11-12H2,1-3H3,(H2,18,19,22). The molecule has 0 fully saturated rings. The molecule has 0 heterocycles. The summed E-state index contributed by atoms with van der Waals surface area (Å²) < 4.78 is 4.72. The van der Waals surface area contributed by atoms with Crippen molar-refractivity contribution in [1.82, 2.24) is 5.32 Å². The highest BCUT2D eigenvalue weighted by molar-refractivity contribution is 5.99. The number of urea groups is 1. The molecule has 0 radical (unpaired) electrons. The first kappa shape index (κ1) is 19.2. The molecule has 1 aromatic carbocycles. The van der Waals surface area contributed by atoms with E-state index >= 15 is 0 Å². The summed E-state index contributed by atoms with van der Waals surface area (Å²) in [6.45, 7) is 5.99. The Morgan fingerprint density at radius 1 is 1.25 bits per heavy atom. The van der Waals surface area contributed by atoms with E-state index in [2.05, 4.69) is 15.8 Å². The number of amides is 2. The number of nitrogens with one attached hydrogen (secondary N) is 2. The summed E-state index contributed by atoms with van der Waals surface area (Å²) in [5.74, 6) is -0.479. The monoisotopic (exact) mass is 333 g/mol. The minimum atomic E-state index is -0.479. The first-order valence-corrected chi connectivity index (χ1v) is 7.65. The predicted octanol–water partition coefficient (Wildman–Crippen LogP) is 2.69. The van der Waals surface area contributed by atoms with Crippen molar-refractivity contribution < 1.29 is 19.2 Å². The topological polar surface area (TPSA) is 89.0 Å². The molecule has 0 bridgehead atoms. The smallest absolute Gasteiger partial charge is 0.325 e. The average molecular weight is 333 g/mol. The van der Waals surface area contributed by atoms with Crippen LogP contribution in [0.15, 0.2) is 41.6 Å². The fraction of sp³-hybridized carbons (Fsp3) is 0.353. The molecular weight excluding hydrogens is 310 g/mol. The van der Waals surface area contributed by atoms with Crippen LogP contribution >= 0.6 is 0 Å². The van der Waals surface area contributed by atoms with E-state index in [-0.39, 0.29) is 13.2 Å². The molecule has 0 saturated carbocycles. The summed E-state index contributed by atoms with van der Waals surface area (Å²) in [5.41, 5.74) is 2.22. The lowest BCUT2D eigenvalue weighted by Crippen LogP contribution is -2.34. The Balaban J connectivity index is 2.49. The van der Waals surface area contributed by atoms with Crippen molar-refractivity contribution in [3.05, 3.63) is 42.0 Å². The molecule has 1 aromatic rings. The second-order valence-corrected chi connectivity index (χ2v) is 4.73. The third-order valence-electron chi connectivity index (χ3n) is 2.87. The van der Waals surface area contributed by atoms with Crippen molar-refractivity contribution in [3.63, 3.8) is 0 Å². The van der Waals surface area contributed by atoms with Crippen LogP contribution in [0.4, 0.5) is 10.5 Å². The zero-order chi connectivity index (χ0) is 17.8. The highest BCUT2D eigenvalue weighted by atomic mass is 16.6. The molecule has 0 aliphatic heterocycles. The fourth-order valence-electron chi connectivity index (χ4n) is 1.66. The highest BCUT2D eigenvalue weighted by Crippen LogP contribution is 2.10. The van der Waals surface area contributed by atoms with Crippen LogP contribution in [0.5, 0.6) is 0 Å². The molecule has 2 amide bonds. The maximum Gasteiger partial charge on any atom is 0.325 e. The number of hydrogen-bond acceptors (Lipinski definition) is 5. The second kappa shape index (κ2) is 10.8. The summed E-state index contributed by atoms with van der Waals surface area (Å²) >= 11 is 0. The van der Waals surface area contributed by atoms with Gasteiger partial charge in [0.1, 0.15) is 13.2 Å². The van der Waals surface area contributed by atoms with Gasteiger partial charge in [-0.1, -0.05) is 23.4 Å². The first-order chi connectivity index (χ1) is 11.6. The molecule has 24 heavy (non-hydrogen) atoms. The number of carbonyl (C=O) groups excluding carboxylic acids is 2. The third-order valence-corrected chi connectivity index (χ3v) is 2.87. The highest BCUT2D eigenvalue weighted by Gasteiger charge is 2.06. The van der Waals surface area contributed by atoms with Gasteiger partial charge < -0.3 is 20.2 Å². The van der Waals surface area contributed by atoms with Gasteiger partial charge in [-0.25, -0.2) is 4.79 Å². The van der Waals surface area contributed by atoms with E-state index in [1.54, 1.807) is 19.1 Å². The van der Waals surface area contributed by atoms with Gasteiger partial charge >= 0.3 is 12.0 Å². The zero-order valence-corrected chi connectivity index (χ0v) is 14.2. The van der Waals surface area contributed by atoms with Crippen molar-refractivity contribution in [2.24, 2.45) is 5.16 Å². The van der Waals surface area contributed by atoms with Crippen molar-refractivity contribution in [2.75, 3.05) is 25.1 Å². The summed E-state index contributed by atoms with van der Waals surface area (Å²) in [5, 5.41) is 9.05. The van der Waals surface area contributed by atoms with E-state index in [4.69, 9.17) is 9.57 Å². The summed E-state index contributed by atoms with van der Waals surface area (Å²) in [6.07, 6.45) is 3.75. The van der Waals surface area contributed by atoms with E-state index in [0.717, 1.165) is 11.3 Å². The van der Waals surface area contributed by atoms with Crippen LogP contribution in [-0.2, 0) is 14.4 Å². The number of carbonyl (C=O) groups is 2. The summed E-state index contributed by atoms with van der Waals surface area (Å²) in [7, 11) is 0. The number of hydrogen-bond donors (Lipinski definition) is 2. The van der Waals surface area contributed by atoms with E-state index in [1.165, 1.54) is 0 Å². The van der Waals surface area contributed by atoms with Crippen molar-refractivity contribution in [3.8, 4) is 0 Å². The van der Waals surface area contributed by atoms with E-state index in [0.29, 0.717) is 12.3 Å². The van der Waals surface area contributed by atoms with Gasteiger partial charge in [-0.3, -0.25) is 4.79 Å². The van der Waals surface area contributed by atoms with Gasteiger partial charge in [0, 0.05) is 5.69 Å². The largest absolute Gasteiger partial charge is 0.465 e. The lowest BCUT2D eigenvalue weighted by molar-refractivity contribution is -0.141. The van der Waals surface area contributed by atoms with Crippen molar-refractivity contribution in [1.29, 1.82) is 0 Å². The number of oxime groups is 1. The summed E-state index contributed by atoms with van der Waals surface area (Å²) in [6, 6.07) is 6.64. The van der Waals surface area contributed by atoms with Crippen LogP contribution in [0.1, 0.15) is 26.3 Å². The molecule has 0 atom stereocenters. The maximum atomic E-state index is 11.7. The van der Waals surface area contributed by atoms with Gasteiger partial charge in [-0.2, -0.15) is 0 Å². The molecule has 0 aliphatic rings. The van der Waals surface area contributed by atoms with Gasteiger partial charge in [0.2, 0.25) is 0 Å². The van der Waals surface area contributed by atoms with Crippen LogP contribution in [0.2, 0.25) is 0 Å². The van der Waals surface area contributed by atoms with Gasteiger partial charge in [0.15, 0.2) is 0 Å². The molecule has 0 aliphatic carbocycles. The molecule has 7 nitrogen and oxygen atoms in total. The Morgan fingerprint density at radius 2 is 1.96 bits per heavy atom. The quantitative estimate of drug-likeness (QED) is 0.252. The minimum Gasteiger partial charge on any atom is -0.465 e. The van der Waals surface area contributed by atoms with Gasteiger partial charge in [0.05, 0.1) is 12.3 Å². The number of anilines is 1. The number of esters is 1. The molecule has 2 N–H and O–H groups in total. The first-order valence-electron chi connectivity index (χ1n) is 7.65. The Hall–Kier alpha value is -2.83. The molecule has 130 valence electrons. The molecule has 7 heteroatoms. The third kappa shape index (κ3) is 7.44. The van der Waals surface area contributed by atoms with E-state index < -0.39 is 12.0 Å². The Kier molecular flexibility index (Phi) is 8.67. The number of allylic oxidation sites excluding steroid dienone is 1. The number of rotatable bonds is 8. The van der Waals surface area contributed by atoms with Crippen LogP contribution in [0.25, 0.3) is 0 Å². The average Bonchev–Trinajstić information content (AvgIpc) is 2.58. The predicted molar refractivity (Wildman–Crippen MR) is 93.1 cm³/mol. The molecule has 0 unspecified atom stereocenters. The molecule has 0 saturated heterocycles. The lowest BCUT2D eigenvalue weighted by atomic mass is 10.1. The van der Waals surface area contributed by atoms with Gasteiger partial charge in [-0.05, 0) is 44.5 Å². The minimum absolute atomic E-state index is 0.174. The van der Waals surface area contributed by atoms with E-state index in [1.807, 2.05) is 38.1 Å². The normalized spacial score (nSPS) is 11.2.